The van der Waals surface area contributed by atoms with Crippen molar-refractivity contribution in [1.29, 1.82) is 0 Å². The molecule has 23 heavy (non-hydrogen) atoms. The maximum atomic E-state index is 12.4. The number of nitrogens with zero attached hydrogens (tertiary/aromatic N) is 2. The number of carbonyl (C=O) groups is 1. The highest BCUT2D eigenvalue weighted by Crippen LogP contribution is 2.21. The number of aromatic nitrogens is 2. The summed E-state index contributed by atoms with van der Waals surface area (Å²) in [5.74, 6) is 1.75. The van der Waals surface area contributed by atoms with Crippen LogP contribution < -0.4 is 5.56 Å². The number of benzene rings is 1. The largest absolute Gasteiger partial charge is 0.341 e. The second-order valence-corrected chi connectivity index (χ2v) is 7.18. The van der Waals surface area contributed by atoms with E-state index in [-0.39, 0.29) is 11.5 Å². The van der Waals surface area contributed by atoms with Crippen LogP contribution >= 0.6 is 11.8 Å². The number of hydrogen-bond donors (Lipinski definition) is 1. The Balaban J connectivity index is 1.66. The van der Waals surface area contributed by atoms with Gasteiger partial charge in [-0.3, -0.25) is 9.59 Å². The number of amides is 1. The lowest BCUT2D eigenvalue weighted by molar-refractivity contribution is -0.131. The number of carbonyl (C=O) groups excluding carboxylic acids is 1. The highest BCUT2D eigenvalue weighted by molar-refractivity contribution is 8.00. The minimum atomic E-state index is -0.140. The topological polar surface area (TPSA) is 66.1 Å². The summed E-state index contributed by atoms with van der Waals surface area (Å²) in [4.78, 5) is 33.6. The summed E-state index contributed by atoms with van der Waals surface area (Å²) in [6, 6.07) is 7.26. The van der Waals surface area contributed by atoms with Gasteiger partial charge in [0.05, 0.1) is 10.9 Å². The van der Waals surface area contributed by atoms with Crippen LogP contribution in [0, 0.1) is 0 Å². The number of aryl methyl sites for hydroxylation is 1. The van der Waals surface area contributed by atoms with Gasteiger partial charge < -0.3 is 9.88 Å². The molecule has 0 bridgehead atoms. The number of H-pyrrole nitrogens is 1. The molecule has 1 atom stereocenters. The van der Waals surface area contributed by atoms with Crippen LogP contribution in [0.3, 0.4) is 0 Å². The van der Waals surface area contributed by atoms with E-state index < -0.39 is 0 Å². The molecular weight excluding hydrogens is 310 g/mol. The second-order valence-electron chi connectivity index (χ2n) is 5.77. The van der Waals surface area contributed by atoms with Crippen LogP contribution in [0.1, 0.15) is 25.6 Å². The summed E-state index contributed by atoms with van der Waals surface area (Å²) in [7, 11) is 0. The van der Waals surface area contributed by atoms with Crippen LogP contribution in [0.25, 0.3) is 10.9 Å². The normalized spacial score (nSPS) is 18.3. The second kappa shape index (κ2) is 7.17. The van der Waals surface area contributed by atoms with Gasteiger partial charge in [0.15, 0.2) is 0 Å². The fraction of sp³-hybridized carbons (Fsp3) is 0.471. The molecule has 1 aliphatic rings. The Morgan fingerprint density at radius 3 is 3.09 bits per heavy atom. The average Bonchev–Trinajstić information content (AvgIpc) is 2.60. The minimum Gasteiger partial charge on any atom is -0.341 e. The van der Waals surface area contributed by atoms with Gasteiger partial charge in [0.25, 0.3) is 5.56 Å². The van der Waals surface area contributed by atoms with Crippen molar-refractivity contribution in [3.05, 3.63) is 40.4 Å². The smallest absolute Gasteiger partial charge is 0.258 e. The lowest BCUT2D eigenvalue weighted by atomic mass is 10.2. The van der Waals surface area contributed by atoms with Gasteiger partial charge in [0.1, 0.15) is 5.82 Å². The van der Waals surface area contributed by atoms with Gasteiger partial charge in [0, 0.05) is 36.9 Å². The first kappa shape index (κ1) is 16.1. The Hall–Kier alpha value is -1.82. The van der Waals surface area contributed by atoms with E-state index in [4.69, 9.17) is 0 Å². The van der Waals surface area contributed by atoms with E-state index in [1.54, 1.807) is 6.07 Å². The molecule has 1 saturated heterocycles. The summed E-state index contributed by atoms with van der Waals surface area (Å²) < 4.78 is 0. The molecule has 1 amide bonds. The molecule has 1 aliphatic heterocycles. The Labute approximate surface area is 139 Å². The number of nitrogens with one attached hydrogen (secondary N) is 1. The zero-order chi connectivity index (χ0) is 16.2. The number of rotatable bonds is 4. The molecule has 6 heteroatoms. The van der Waals surface area contributed by atoms with Gasteiger partial charge in [-0.15, -0.1) is 0 Å². The van der Waals surface area contributed by atoms with Crippen molar-refractivity contribution in [3.8, 4) is 0 Å². The summed E-state index contributed by atoms with van der Waals surface area (Å²) in [5.41, 5.74) is 0.539. The summed E-state index contributed by atoms with van der Waals surface area (Å²) in [5, 5.41) is 1.13. The van der Waals surface area contributed by atoms with Crippen LogP contribution in [0.2, 0.25) is 0 Å². The monoisotopic (exact) mass is 331 g/mol. The third kappa shape index (κ3) is 3.75. The third-order valence-corrected chi connectivity index (χ3v) is 5.56. The van der Waals surface area contributed by atoms with E-state index in [9.17, 15) is 9.59 Å². The van der Waals surface area contributed by atoms with Crippen molar-refractivity contribution in [3.63, 3.8) is 0 Å². The van der Waals surface area contributed by atoms with Crippen molar-refractivity contribution < 1.29 is 4.79 Å². The molecule has 122 valence electrons. The third-order valence-electron chi connectivity index (χ3n) is 4.18. The number of hydrogen-bond acceptors (Lipinski definition) is 4. The highest BCUT2D eigenvalue weighted by Gasteiger charge is 2.22. The molecule has 2 heterocycles. The predicted molar refractivity (Wildman–Crippen MR) is 93.8 cm³/mol. The number of fused-ring (bicyclic) bond motifs is 1. The van der Waals surface area contributed by atoms with Crippen molar-refractivity contribution in [2.24, 2.45) is 0 Å². The van der Waals surface area contributed by atoms with Gasteiger partial charge in [-0.2, -0.15) is 11.8 Å². The van der Waals surface area contributed by atoms with Crippen molar-refractivity contribution in [2.75, 3.05) is 18.8 Å². The molecule has 0 spiro atoms. The summed E-state index contributed by atoms with van der Waals surface area (Å²) in [6.45, 7) is 3.82. The fourth-order valence-corrected chi connectivity index (χ4v) is 4.01. The van der Waals surface area contributed by atoms with E-state index in [0.29, 0.717) is 34.8 Å². The van der Waals surface area contributed by atoms with Crippen LogP contribution in [-0.4, -0.2) is 44.9 Å². The lowest BCUT2D eigenvalue weighted by Gasteiger charge is -2.32. The lowest BCUT2D eigenvalue weighted by Crippen LogP contribution is -2.41. The van der Waals surface area contributed by atoms with E-state index in [1.165, 1.54) is 0 Å². The number of thioether (sulfide) groups is 1. The first-order valence-electron chi connectivity index (χ1n) is 8.04. The zero-order valence-corrected chi connectivity index (χ0v) is 14.1. The zero-order valence-electron chi connectivity index (χ0n) is 13.2. The first-order chi connectivity index (χ1) is 11.2. The van der Waals surface area contributed by atoms with E-state index in [2.05, 4.69) is 16.9 Å². The van der Waals surface area contributed by atoms with Gasteiger partial charge in [-0.25, -0.2) is 4.98 Å². The van der Waals surface area contributed by atoms with Crippen molar-refractivity contribution in [2.45, 2.75) is 31.4 Å². The standard InChI is InChI=1S/C17H21N3O2S/c1-2-12-11-20(9-10-23-12)16(21)8-7-15-18-14-6-4-3-5-13(14)17(22)19-15/h3-6,12H,2,7-11H2,1H3,(H,18,19,22). The maximum absolute atomic E-state index is 12.4. The average molecular weight is 331 g/mol. The van der Waals surface area contributed by atoms with Gasteiger partial charge in [-0.1, -0.05) is 19.1 Å². The number of aromatic amines is 1. The molecule has 1 N–H and O–H groups in total. The Kier molecular flexibility index (Phi) is 5.00. The highest BCUT2D eigenvalue weighted by atomic mass is 32.2. The molecule has 1 aromatic carbocycles. The quantitative estimate of drug-likeness (QED) is 0.933. The van der Waals surface area contributed by atoms with Gasteiger partial charge in [0.2, 0.25) is 5.91 Å². The Morgan fingerprint density at radius 1 is 1.43 bits per heavy atom. The molecule has 1 unspecified atom stereocenters. The minimum absolute atomic E-state index is 0.140. The van der Waals surface area contributed by atoms with Crippen molar-refractivity contribution >= 4 is 28.6 Å². The van der Waals surface area contributed by atoms with Crippen LogP contribution in [-0.2, 0) is 11.2 Å². The molecule has 2 aromatic rings. The van der Waals surface area contributed by atoms with Crippen LogP contribution in [0.15, 0.2) is 29.1 Å². The molecule has 1 fully saturated rings. The van der Waals surface area contributed by atoms with Gasteiger partial charge in [-0.05, 0) is 18.6 Å². The van der Waals surface area contributed by atoms with E-state index in [0.717, 1.165) is 25.3 Å². The SMILES string of the molecule is CCC1CN(C(=O)CCc2nc3ccccc3c(=O)[nH]2)CCS1. The van der Waals surface area contributed by atoms with Crippen LogP contribution in [0.4, 0.5) is 0 Å². The molecule has 0 aliphatic carbocycles. The summed E-state index contributed by atoms with van der Waals surface area (Å²) >= 11 is 1.95. The molecule has 3 rings (SSSR count). The predicted octanol–water partition coefficient (Wildman–Crippen LogP) is 2.21. The molecular formula is C17H21N3O2S. The molecule has 0 radical (unpaired) electrons. The Bertz CT molecular complexity index is 759. The van der Waals surface area contributed by atoms with Crippen LogP contribution in [0.5, 0.6) is 0 Å². The van der Waals surface area contributed by atoms with Crippen molar-refractivity contribution in [1.82, 2.24) is 14.9 Å². The van der Waals surface area contributed by atoms with E-state index in [1.807, 2.05) is 34.9 Å². The molecule has 1 aromatic heterocycles. The number of para-hydroxylation sites is 1. The summed E-state index contributed by atoms with van der Waals surface area (Å²) in [6.07, 6.45) is 1.95. The fourth-order valence-electron chi connectivity index (χ4n) is 2.83. The molecule has 0 saturated carbocycles. The Morgan fingerprint density at radius 2 is 2.26 bits per heavy atom. The maximum Gasteiger partial charge on any atom is 0.258 e. The van der Waals surface area contributed by atoms with E-state index >= 15 is 0 Å². The first-order valence-corrected chi connectivity index (χ1v) is 9.09. The molecule has 5 nitrogen and oxygen atoms in total. The van der Waals surface area contributed by atoms with Gasteiger partial charge >= 0.3 is 0 Å².